The van der Waals surface area contributed by atoms with Crippen LogP contribution in [0.2, 0.25) is 0 Å². The number of rotatable bonds is 6. The summed E-state index contributed by atoms with van der Waals surface area (Å²) in [7, 11) is 0. The largest absolute Gasteiger partial charge is 0.444 e. The van der Waals surface area contributed by atoms with Gasteiger partial charge in [0.15, 0.2) is 0 Å². The highest BCUT2D eigenvalue weighted by atomic mass is 16.6. The molecule has 1 aliphatic rings. The van der Waals surface area contributed by atoms with E-state index in [9.17, 15) is 4.79 Å². The van der Waals surface area contributed by atoms with E-state index in [1.807, 2.05) is 20.8 Å². The van der Waals surface area contributed by atoms with Crippen LogP contribution < -0.4 is 10.6 Å². The van der Waals surface area contributed by atoms with Crippen LogP contribution >= 0.6 is 0 Å². The van der Waals surface area contributed by atoms with Gasteiger partial charge in [0.05, 0.1) is 0 Å². The van der Waals surface area contributed by atoms with Gasteiger partial charge in [0.25, 0.3) is 0 Å². The molecule has 1 heterocycles. The lowest BCUT2D eigenvalue weighted by Crippen LogP contribution is -2.40. The Hall–Kier alpha value is -0.770. The fraction of sp³-hybridized carbons (Fsp3) is 0.941. The van der Waals surface area contributed by atoms with Crippen LogP contribution in [-0.4, -0.2) is 31.3 Å². The van der Waals surface area contributed by atoms with Gasteiger partial charge in [0.1, 0.15) is 5.60 Å². The Morgan fingerprint density at radius 1 is 1.33 bits per heavy atom. The van der Waals surface area contributed by atoms with E-state index in [-0.39, 0.29) is 6.09 Å². The lowest BCUT2D eigenvalue weighted by molar-refractivity contribution is 0.0505. The number of amides is 1. The maximum atomic E-state index is 11.9. The van der Waals surface area contributed by atoms with Crippen LogP contribution in [-0.2, 0) is 4.74 Å². The molecule has 0 aromatic rings. The number of ether oxygens (including phenoxy) is 1. The summed E-state index contributed by atoms with van der Waals surface area (Å²) in [6.45, 7) is 13.2. The minimum atomic E-state index is -0.426. The highest BCUT2D eigenvalue weighted by Gasteiger charge is 2.26. The molecule has 1 aliphatic heterocycles. The van der Waals surface area contributed by atoms with Crippen molar-refractivity contribution < 1.29 is 9.53 Å². The third-order valence-corrected chi connectivity index (χ3v) is 4.36. The molecule has 0 aromatic carbocycles. The van der Waals surface area contributed by atoms with Crippen LogP contribution in [0.25, 0.3) is 0 Å². The average Bonchev–Trinajstić information content (AvgIpc) is 2.42. The molecule has 1 rings (SSSR count). The van der Waals surface area contributed by atoms with Gasteiger partial charge in [-0.1, -0.05) is 20.3 Å². The van der Waals surface area contributed by atoms with Crippen molar-refractivity contribution in [2.45, 2.75) is 65.9 Å². The van der Waals surface area contributed by atoms with Gasteiger partial charge in [-0.2, -0.15) is 0 Å². The molecular weight excluding hydrogens is 264 g/mol. The number of hydrogen-bond donors (Lipinski definition) is 2. The predicted molar refractivity (Wildman–Crippen MR) is 87.4 cm³/mol. The van der Waals surface area contributed by atoms with Gasteiger partial charge in [-0.3, -0.25) is 0 Å². The lowest BCUT2D eigenvalue weighted by Gasteiger charge is -2.32. The molecule has 1 fully saturated rings. The molecule has 0 saturated carbocycles. The van der Waals surface area contributed by atoms with E-state index < -0.39 is 5.60 Å². The Morgan fingerprint density at radius 2 is 1.95 bits per heavy atom. The molecule has 4 nitrogen and oxygen atoms in total. The highest BCUT2D eigenvalue weighted by molar-refractivity contribution is 5.67. The van der Waals surface area contributed by atoms with E-state index in [0.29, 0.717) is 11.8 Å². The molecule has 124 valence electrons. The number of alkyl carbamates (subject to hydrolysis) is 1. The summed E-state index contributed by atoms with van der Waals surface area (Å²) < 4.78 is 5.34. The van der Waals surface area contributed by atoms with Crippen LogP contribution in [0.3, 0.4) is 0 Å². The summed E-state index contributed by atoms with van der Waals surface area (Å²) in [6, 6.07) is 0. The van der Waals surface area contributed by atoms with E-state index in [1.54, 1.807) is 0 Å². The Balaban J connectivity index is 2.49. The van der Waals surface area contributed by atoms with Crippen LogP contribution in [0.4, 0.5) is 4.79 Å². The summed E-state index contributed by atoms with van der Waals surface area (Å²) in [5.41, 5.74) is -0.426. The molecule has 0 aromatic heterocycles. The molecule has 4 heteroatoms. The van der Waals surface area contributed by atoms with Crippen molar-refractivity contribution in [3.8, 4) is 0 Å². The molecule has 2 atom stereocenters. The molecule has 0 aliphatic carbocycles. The summed E-state index contributed by atoms with van der Waals surface area (Å²) in [6.07, 6.45) is 4.55. The Morgan fingerprint density at radius 3 is 2.48 bits per heavy atom. The van der Waals surface area contributed by atoms with Gasteiger partial charge in [-0.15, -0.1) is 0 Å². The van der Waals surface area contributed by atoms with Gasteiger partial charge >= 0.3 is 6.09 Å². The maximum Gasteiger partial charge on any atom is 0.407 e. The quantitative estimate of drug-likeness (QED) is 0.788. The molecule has 0 radical (unpaired) electrons. The fourth-order valence-electron chi connectivity index (χ4n) is 2.97. The molecule has 0 bridgehead atoms. The van der Waals surface area contributed by atoms with Gasteiger partial charge in [-0.05, 0) is 70.9 Å². The van der Waals surface area contributed by atoms with Gasteiger partial charge < -0.3 is 15.4 Å². The summed E-state index contributed by atoms with van der Waals surface area (Å²) in [5.74, 6) is 2.00. The second-order valence-corrected chi connectivity index (χ2v) is 7.48. The molecular formula is C17H34N2O2. The topological polar surface area (TPSA) is 50.4 Å². The van der Waals surface area contributed by atoms with E-state index in [2.05, 4.69) is 24.5 Å². The average molecular weight is 298 g/mol. The Kier molecular flexibility index (Phi) is 7.50. The zero-order chi connectivity index (χ0) is 15.9. The minimum absolute atomic E-state index is 0.286. The second kappa shape index (κ2) is 8.62. The molecule has 21 heavy (non-hydrogen) atoms. The SMILES string of the molecule is CCC(C)CC(CNC(=O)OC(C)(C)C)C1CCNCC1. The lowest BCUT2D eigenvalue weighted by atomic mass is 9.79. The van der Waals surface area contributed by atoms with E-state index in [4.69, 9.17) is 4.74 Å². The van der Waals surface area contributed by atoms with Crippen molar-refractivity contribution in [1.82, 2.24) is 10.6 Å². The van der Waals surface area contributed by atoms with Crippen LogP contribution in [0.1, 0.15) is 60.3 Å². The van der Waals surface area contributed by atoms with Crippen LogP contribution in [0, 0.1) is 17.8 Å². The van der Waals surface area contributed by atoms with Gasteiger partial charge in [-0.25, -0.2) is 4.79 Å². The smallest absolute Gasteiger partial charge is 0.407 e. The fourth-order valence-corrected chi connectivity index (χ4v) is 2.97. The monoisotopic (exact) mass is 298 g/mol. The first kappa shape index (κ1) is 18.3. The number of carbonyl (C=O) groups is 1. The van der Waals surface area contributed by atoms with Crippen molar-refractivity contribution in [3.05, 3.63) is 0 Å². The van der Waals surface area contributed by atoms with Crippen molar-refractivity contribution in [2.75, 3.05) is 19.6 Å². The maximum absolute atomic E-state index is 11.9. The number of nitrogens with one attached hydrogen (secondary N) is 2. The van der Waals surface area contributed by atoms with Crippen molar-refractivity contribution in [3.63, 3.8) is 0 Å². The van der Waals surface area contributed by atoms with Gasteiger partial charge in [0.2, 0.25) is 0 Å². The zero-order valence-corrected chi connectivity index (χ0v) is 14.5. The third kappa shape index (κ3) is 7.70. The van der Waals surface area contributed by atoms with Crippen LogP contribution in [0.5, 0.6) is 0 Å². The molecule has 1 amide bonds. The Labute approximate surface area is 130 Å². The first-order valence-corrected chi connectivity index (χ1v) is 8.49. The zero-order valence-electron chi connectivity index (χ0n) is 14.5. The number of hydrogen-bond acceptors (Lipinski definition) is 3. The normalized spacial score (nSPS) is 19.9. The molecule has 2 unspecified atom stereocenters. The van der Waals surface area contributed by atoms with E-state index >= 15 is 0 Å². The first-order chi connectivity index (χ1) is 9.81. The summed E-state index contributed by atoms with van der Waals surface area (Å²) in [4.78, 5) is 11.9. The van der Waals surface area contributed by atoms with Crippen molar-refractivity contribution in [1.29, 1.82) is 0 Å². The van der Waals surface area contributed by atoms with Gasteiger partial charge in [0, 0.05) is 6.54 Å². The first-order valence-electron chi connectivity index (χ1n) is 8.49. The number of piperidine rings is 1. The molecule has 1 saturated heterocycles. The summed E-state index contributed by atoms with van der Waals surface area (Å²) in [5, 5.41) is 6.41. The third-order valence-electron chi connectivity index (χ3n) is 4.36. The Bertz CT molecular complexity index is 306. The molecule has 0 spiro atoms. The second-order valence-electron chi connectivity index (χ2n) is 7.48. The van der Waals surface area contributed by atoms with Crippen molar-refractivity contribution >= 4 is 6.09 Å². The van der Waals surface area contributed by atoms with E-state index in [0.717, 1.165) is 25.6 Å². The molecule has 2 N–H and O–H groups in total. The highest BCUT2D eigenvalue weighted by Crippen LogP contribution is 2.28. The van der Waals surface area contributed by atoms with E-state index in [1.165, 1.54) is 25.7 Å². The standard InChI is InChI=1S/C17H34N2O2/c1-6-13(2)11-15(14-7-9-18-10-8-14)12-19-16(20)21-17(3,4)5/h13-15,18H,6-12H2,1-5H3,(H,19,20). The van der Waals surface area contributed by atoms with Crippen LogP contribution in [0.15, 0.2) is 0 Å². The number of carbonyl (C=O) groups excluding carboxylic acids is 1. The predicted octanol–water partition coefficient (Wildman–Crippen LogP) is 3.56. The minimum Gasteiger partial charge on any atom is -0.444 e. The summed E-state index contributed by atoms with van der Waals surface area (Å²) >= 11 is 0. The van der Waals surface area contributed by atoms with Crippen molar-refractivity contribution in [2.24, 2.45) is 17.8 Å².